The number of esters is 1. The fraction of sp³-hybridized carbons (Fsp3) is 0.700. The Morgan fingerprint density at radius 1 is 1.62 bits per heavy atom. The van der Waals surface area contributed by atoms with Gasteiger partial charge >= 0.3 is 5.97 Å². The molecular weight excluding hydrogens is 228 g/mol. The van der Waals surface area contributed by atoms with Crippen LogP contribution in [0.3, 0.4) is 0 Å². The Bertz CT molecular complexity index is 310. The second-order valence-corrected chi connectivity index (χ2v) is 4.56. The second kappa shape index (κ2) is 6.38. The minimum Gasteiger partial charge on any atom is -0.465 e. The SMILES string of the molecule is CCOC(=O)C(C#N)C(=O)NSC1CCC1. The summed E-state index contributed by atoms with van der Waals surface area (Å²) in [4.78, 5) is 22.7. The van der Waals surface area contributed by atoms with Crippen LogP contribution in [0, 0.1) is 17.2 Å². The van der Waals surface area contributed by atoms with Gasteiger partial charge in [-0.05, 0) is 31.7 Å². The highest BCUT2D eigenvalue weighted by Gasteiger charge is 2.29. The van der Waals surface area contributed by atoms with E-state index in [1.807, 2.05) is 0 Å². The van der Waals surface area contributed by atoms with Gasteiger partial charge in [-0.2, -0.15) is 5.26 Å². The van der Waals surface area contributed by atoms with E-state index in [0.717, 1.165) is 12.8 Å². The van der Waals surface area contributed by atoms with Crippen molar-refractivity contribution in [2.75, 3.05) is 6.61 Å². The highest BCUT2D eigenvalue weighted by atomic mass is 32.2. The molecule has 6 heteroatoms. The molecule has 0 aliphatic heterocycles. The zero-order chi connectivity index (χ0) is 12.0. The van der Waals surface area contributed by atoms with Gasteiger partial charge in [-0.15, -0.1) is 0 Å². The lowest BCUT2D eigenvalue weighted by Gasteiger charge is -2.24. The standard InChI is InChI=1S/C10H14N2O3S/c1-2-15-10(14)8(6-11)9(13)12-16-7-4-3-5-7/h7-8H,2-5H2,1H3,(H,12,13). The van der Waals surface area contributed by atoms with E-state index in [2.05, 4.69) is 9.46 Å². The van der Waals surface area contributed by atoms with Crippen LogP contribution >= 0.6 is 11.9 Å². The summed E-state index contributed by atoms with van der Waals surface area (Å²) in [5.74, 6) is -2.72. The van der Waals surface area contributed by atoms with Crippen molar-refractivity contribution in [2.24, 2.45) is 5.92 Å². The number of nitrogens with one attached hydrogen (secondary N) is 1. The maximum atomic E-state index is 11.5. The van der Waals surface area contributed by atoms with E-state index in [-0.39, 0.29) is 6.61 Å². The van der Waals surface area contributed by atoms with Gasteiger partial charge in [-0.3, -0.25) is 14.3 Å². The Kier molecular flexibility index (Phi) is 5.12. The van der Waals surface area contributed by atoms with Gasteiger partial charge in [0.25, 0.3) is 5.91 Å². The smallest absolute Gasteiger partial charge is 0.333 e. The Morgan fingerprint density at radius 3 is 2.75 bits per heavy atom. The first-order chi connectivity index (χ1) is 7.69. The third kappa shape index (κ3) is 3.42. The monoisotopic (exact) mass is 242 g/mol. The van der Waals surface area contributed by atoms with Gasteiger partial charge in [-0.1, -0.05) is 6.42 Å². The van der Waals surface area contributed by atoms with Crippen LogP contribution in [-0.4, -0.2) is 23.7 Å². The van der Waals surface area contributed by atoms with Crippen molar-refractivity contribution in [2.45, 2.75) is 31.4 Å². The average molecular weight is 242 g/mol. The first-order valence-corrected chi connectivity index (χ1v) is 6.08. The highest BCUT2D eigenvalue weighted by Crippen LogP contribution is 2.29. The molecule has 0 aromatic carbocycles. The maximum absolute atomic E-state index is 11.5. The molecule has 1 saturated carbocycles. The summed E-state index contributed by atoms with van der Waals surface area (Å²) >= 11 is 1.29. The number of nitriles is 1. The summed E-state index contributed by atoms with van der Waals surface area (Å²) in [6.45, 7) is 1.80. The number of hydrogen-bond acceptors (Lipinski definition) is 5. The fourth-order valence-corrected chi connectivity index (χ4v) is 2.10. The van der Waals surface area contributed by atoms with Gasteiger partial charge < -0.3 is 4.74 Å². The summed E-state index contributed by atoms with van der Waals surface area (Å²) in [6.07, 6.45) is 3.32. The Morgan fingerprint density at radius 2 is 2.31 bits per heavy atom. The molecule has 0 aromatic rings. The maximum Gasteiger partial charge on any atom is 0.333 e. The van der Waals surface area contributed by atoms with E-state index in [9.17, 15) is 9.59 Å². The van der Waals surface area contributed by atoms with Crippen molar-refractivity contribution in [3.8, 4) is 6.07 Å². The minimum atomic E-state index is -1.35. The third-order valence-corrected chi connectivity index (χ3v) is 3.42. The summed E-state index contributed by atoms with van der Waals surface area (Å²) in [5.41, 5.74) is 0. The summed E-state index contributed by atoms with van der Waals surface area (Å²) in [5, 5.41) is 9.13. The van der Waals surface area contributed by atoms with Crippen molar-refractivity contribution < 1.29 is 14.3 Å². The lowest BCUT2D eigenvalue weighted by atomic mass is 10.0. The molecule has 0 saturated heterocycles. The molecule has 1 fully saturated rings. The molecule has 88 valence electrons. The number of hydrogen-bond donors (Lipinski definition) is 1. The van der Waals surface area contributed by atoms with Crippen molar-refractivity contribution in [1.82, 2.24) is 4.72 Å². The predicted molar refractivity (Wildman–Crippen MR) is 59.1 cm³/mol. The van der Waals surface area contributed by atoms with Crippen LogP contribution in [0.4, 0.5) is 0 Å². The van der Waals surface area contributed by atoms with Crippen molar-refractivity contribution in [3.63, 3.8) is 0 Å². The van der Waals surface area contributed by atoms with Crippen molar-refractivity contribution >= 4 is 23.8 Å². The molecule has 0 aromatic heterocycles. The van der Waals surface area contributed by atoms with Crippen LogP contribution in [-0.2, 0) is 14.3 Å². The van der Waals surface area contributed by atoms with E-state index in [0.29, 0.717) is 5.25 Å². The molecule has 5 nitrogen and oxygen atoms in total. The summed E-state index contributed by atoms with van der Waals surface area (Å²) < 4.78 is 7.16. The van der Waals surface area contributed by atoms with Gasteiger partial charge in [0.05, 0.1) is 12.7 Å². The first-order valence-electron chi connectivity index (χ1n) is 5.20. The molecular formula is C10H14N2O3S. The Labute approximate surface area is 98.7 Å². The zero-order valence-electron chi connectivity index (χ0n) is 9.06. The van der Waals surface area contributed by atoms with Gasteiger partial charge in [0.15, 0.2) is 0 Å². The van der Waals surface area contributed by atoms with E-state index in [4.69, 9.17) is 5.26 Å². The number of carbonyl (C=O) groups is 2. The van der Waals surface area contributed by atoms with E-state index < -0.39 is 17.8 Å². The third-order valence-electron chi connectivity index (χ3n) is 2.29. The molecule has 16 heavy (non-hydrogen) atoms. The normalized spacial score (nSPS) is 16.8. The van der Waals surface area contributed by atoms with Crippen LogP contribution in [0.25, 0.3) is 0 Å². The lowest BCUT2D eigenvalue weighted by Crippen LogP contribution is -2.34. The van der Waals surface area contributed by atoms with Gasteiger partial charge in [0.2, 0.25) is 5.92 Å². The molecule has 1 rings (SSSR count). The highest BCUT2D eigenvalue weighted by molar-refractivity contribution is 7.98. The van der Waals surface area contributed by atoms with E-state index in [1.54, 1.807) is 13.0 Å². The largest absolute Gasteiger partial charge is 0.465 e. The molecule has 1 aliphatic carbocycles. The van der Waals surface area contributed by atoms with E-state index >= 15 is 0 Å². The average Bonchev–Trinajstić information content (AvgIpc) is 2.16. The quantitative estimate of drug-likeness (QED) is 0.442. The second-order valence-electron chi connectivity index (χ2n) is 3.45. The molecule has 1 unspecified atom stereocenters. The van der Waals surface area contributed by atoms with Crippen LogP contribution in [0.15, 0.2) is 0 Å². The lowest BCUT2D eigenvalue weighted by molar-refractivity contribution is -0.149. The van der Waals surface area contributed by atoms with Crippen LogP contribution in [0.1, 0.15) is 26.2 Å². The topological polar surface area (TPSA) is 79.2 Å². The summed E-state index contributed by atoms with van der Waals surface area (Å²) in [7, 11) is 0. The summed E-state index contributed by atoms with van der Waals surface area (Å²) in [6, 6.07) is 1.65. The number of amides is 1. The fourth-order valence-electron chi connectivity index (χ4n) is 1.13. The minimum absolute atomic E-state index is 0.167. The number of carbonyl (C=O) groups excluding carboxylic acids is 2. The van der Waals surface area contributed by atoms with Crippen LogP contribution in [0.5, 0.6) is 0 Å². The zero-order valence-corrected chi connectivity index (χ0v) is 9.88. The molecule has 1 aliphatic rings. The van der Waals surface area contributed by atoms with Crippen LogP contribution < -0.4 is 4.72 Å². The van der Waals surface area contributed by atoms with Gasteiger partial charge in [0, 0.05) is 5.25 Å². The molecule has 0 heterocycles. The molecule has 1 amide bonds. The first kappa shape index (κ1) is 12.8. The van der Waals surface area contributed by atoms with Gasteiger partial charge in [-0.25, -0.2) is 0 Å². The predicted octanol–water partition coefficient (Wildman–Crippen LogP) is 1.01. The molecule has 0 radical (unpaired) electrons. The van der Waals surface area contributed by atoms with Crippen molar-refractivity contribution in [3.05, 3.63) is 0 Å². The Hall–Kier alpha value is -1.22. The molecule has 0 spiro atoms. The van der Waals surface area contributed by atoms with E-state index in [1.165, 1.54) is 18.4 Å². The van der Waals surface area contributed by atoms with Gasteiger partial charge in [0.1, 0.15) is 0 Å². The number of nitrogens with zero attached hydrogens (tertiary/aromatic N) is 1. The van der Waals surface area contributed by atoms with Crippen LogP contribution in [0.2, 0.25) is 0 Å². The number of ether oxygens (including phenoxy) is 1. The Balaban J connectivity index is 2.36. The molecule has 0 bridgehead atoms. The molecule has 1 N–H and O–H groups in total. The number of rotatable bonds is 5. The van der Waals surface area contributed by atoms with Crippen molar-refractivity contribution in [1.29, 1.82) is 5.26 Å². The molecule has 1 atom stereocenters.